The molecule has 4 atom stereocenters. The third kappa shape index (κ3) is 7.05. The largest absolute Gasteiger partial charge is 0.493 e. The summed E-state index contributed by atoms with van der Waals surface area (Å²) >= 11 is 0. The Kier molecular flexibility index (Phi) is 10.3. The minimum atomic E-state index is -0.764. The summed E-state index contributed by atoms with van der Waals surface area (Å²) in [5.41, 5.74) is 2.22. The van der Waals surface area contributed by atoms with Crippen molar-refractivity contribution < 1.29 is 24.2 Å². The molecule has 4 rings (SSSR count). The van der Waals surface area contributed by atoms with E-state index in [0.717, 1.165) is 94.4 Å². The highest BCUT2D eigenvalue weighted by molar-refractivity contribution is 5.79. The molecule has 1 N–H and O–H groups in total. The van der Waals surface area contributed by atoms with E-state index in [1.165, 1.54) is 6.42 Å². The van der Waals surface area contributed by atoms with Gasteiger partial charge in [-0.15, -0.1) is 0 Å². The molecule has 3 heterocycles. The lowest BCUT2D eigenvalue weighted by molar-refractivity contribution is -0.144. The van der Waals surface area contributed by atoms with Crippen LogP contribution in [0.1, 0.15) is 88.7 Å². The van der Waals surface area contributed by atoms with Gasteiger partial charge in [0.25, 0.3) is 0 Å². The zero-order chi connectivity index (χ0) is 26.2. The number of carboxylic acid groups (broad SMARTS) is 1. The maximum Gasteiger partial charge on any atom is 0.308 e. The summed E-state index contributed by atoms with van der Waals surface area (Å²) in [6.07, 6.45) is 10.1. The van der Waals surface area contributed by atoms with Crippen molar-refractivity contribution in [3.63, 3.8) is 0 Å². The molecule has 7 nitrogen and oxygen atoms in total. The third-order valence-electron chi connectivity index (χ3n) is 8.49. The predicted molar refractivity (Wildman–Crippen MR) is 144 cm³/mol. The average Bonchev–Trinajstić information content (AvgIpc) is 3.52. The number of rotatable bonds is 13. The number of aliphatic carboxylic acids is 1. The van der Waals surface area contributed by atoms with Gasteiger partial charge in [-0.1, -0.05) is 38.8 Å². The predicted octanol–water partition coefficient (Wildman–Crippen LogP) is 4.87. The van der Waals surface area contributed by atoms with E-state index in [0.29, 0.717) is 13.2 Å². The molecule has 1 aromatic carbocycles. The van der Waals surface area contributed by atoms with Crippen LogP contribution in [0.2, 0.25) is 0 Å². The minimum Gasteiger partial charge on any atom is -0.493 e. The van der Waals surface area contributed by atoms with Crippen LogP contribution in [-0.2, 0) is 20.7 Å². The molecule has 1 aromatic rings. The molecule has 0 bridgehead atoms. The average molecular weight is 515 g/mol. The molecule has 0 aromatic heterocycles. The van der Waals surface area contributed by atoms with Crippen LogP contribution in [0.5, 0.6) is 5.75 Å². The normalized spacial score (nSPS) is 25.6. The van der Waals surface area contributed by atoms with E-state index in [1.54, 1.807) is 0 Å². The fourth-order valence-corrected chi connectivity index (χ4v) is 6.35. The number of benzene rings is 1. The van der Waals surface area contributed by atoms with Crippen LogP contribution in [0.25, 0.3) is 0 Å². The highest BCUT2D eigenvalue weighted by Crippen LogP contribution is 2.41. The molecule has 0 spiro atoms. The van der Waals surface area contributed by atoms with Crippen LogP contribution < -0.4 is 4.74 Å². The van der Waals surface area contributed by atoms with E-state index in [9.17, 15) is 14.7 Å². The number of carboxylic acids is 1. The summed E-state index contributed by atoms with van der Waals surface area (Å²) in [7, 11) is 0. The van der Waals surface area contributed by atoms with Crippen LogP contribution in [0.4, 0.5) is 0 Å². The van der Waals surface area contributed by atoms with Crippen molar-refractivity contribution in [2.45, 2.75) is 96.1 Å². The molecular weight excluding hydrogens is 468 g/mol. The number of hydrogen-bond donors (Lipinski definition) is 1. The van der Waals surface area contributed by atoms with E-state index in [1.807, 2.05) is 17.0 Å². The van der Waals surface area contributed by atoms with Gasteiger partial charge >= 0.3 is 5.97 Å². The second kappa shape index (κ2) is 13.6. The standard InChI is InChI=1S/C30H46N2O5/c1-3-5-15-31(16-6-4-2)28(33)21-32-20-25(22-10-13-27-23(19-22)14-18-37-27)29(30(34)35)26(32)12-11-24-9-7-8-17-36-24/h10,13,19,24-26,29H,3-9,11-12,14-18,20-21H2,1-2H3,(H,34,35)/t24?,25-,26+,29?/m1/s1. The fraction of sp³-hybridized carbons (Fsp3) is 0.733. The van der Waals surface area contributed by atoms with Gasteiger partial charge in [-0.2, -0.15) is 0 Å². The molecule has 206 valence electrons. The topological polar surface area (TPSA) is 79.3 Å². The Hall–Kier alpha value is -2.12. The van der Waals surface area contributed by atoms with Crippen LogP contribution in [0.3, 0.4) is 0 Å². The molecule has 0 aliphatic carbocycles. The number of fused-ring (bicyclic) bond motifs is 1. The van der Waals surface area contributed by atoms with Gasteiger partial charge in [0.05, 0.1) is 25.2 Å². The van der Waals surface area contributed by atoms with Gasteiger partial charge in [0, 0.05) is 44.6 Å². The van der Waals surface area contributed by atoms with E-state index in [-0.39, 0.29) is 30.5 Å². The van der Waals surface area contributed by atoms with Crippen LogP contribution >= 0.6 is 0 Å². The fourth-order valence-electron chi connectivity index (χ4n) is 6.35. The van der Waals surface area contributed by atoms with Crippen LogP contribution in [0, 0.1) is 5.92 Å². The summed E-state index contributed by atoms with van der Waals surface area (Å²) in [5, 5.41) is 10.5. The number of hydrogen-bond acceptors (Lipinski definition) is 5. The van der Waals surface area contributed by atoms with Crippen molar-refractivity contribution in [1.29, 1.82) is 0 Å². The van der Waals surface area contributed by atoms with E-state index in [4.69, 9.17) is 9.47 Å². The molecule has 1 amide bonds. The molecule has 7 heteroatoms. The number of ether oxygens (including phenoxy) is 2. The molecule has 0 saturated carbocycles. The summed E-state index contributed by atoms with van der Waals surface area (Å²) in [4.78, 5) is 30.5. The number of carbonyl (C=O) groups excluding carboxylic acids is 1. The van der Waals surface area contributed by atoms with E-state index >= 15 is 0 Å². The van der Waals surface area contributed by atoms with Gasteiger partial charge in [-0.3, -0.25) is 14.5 Å². The first-order valence-electron chi connectivity index (χ1n) is 14.6. The lowest BCUT2D eigenvalue weighted by atomic mass is 9.82. The maximum atomic E-state index is 13.5. The second-order valence-electron chi connectivity index (χ2n) is 11.1. The molecule has 2 fully saturated rings. The first-order chi connectivity index (χ1) is 18.0. The number of carbonyl (C=O) groups is 2. The monoisotopic (exact) mass is 514 g/mol. The van der Waals surface area contributed by atoms with Crippen molar-refractivity contribution in [1.82, 2.24) is 9.80 Å². The third-order valence-corrected chi connectivity index (χ3v) is 8.49. The van der Waals surface area contributed by atoms with Crippen molar-refractivity contribution in [3.8, 4) is 5.75 Å². The highest BCUT2D eigenvalue weighted by atomic mass is 16.5. The lowest BCUT2D eigenvalue weighted by Crippen LogP contribution is -2.45. The first-order valence-corrected chi connectivity index (χ1v) is 14.6. The summed E-state index contributed by atoms with van der Waals surface area (Å²) in [6.45, 7) is 8.21. The summed E-state index contributed by atoms with van der Waals surface area (Å²) < 4.78 is 11.7. The minimum absolute atomic E-state index is 0.132. The number of unbranched alkanes of at least 4 members (excludes halogenated alkanes) is 2. The van der Waals surface area contributed by atoms with Gasteiger partial charge in [-0.25, -0.2) is 0 Å². The van der Waals surface area contributed by atoms with Gasteiger partial charge in [0.1, 0.15) is 5.75 Å². The highest BCUT2D eigenvalue weighted by Gasteiger charge is 2.47. The number of likely N-dealkylation sites (tertiary alicyclic amines) is 1. The molecule has 37 heavy (non-hydrogen) atoms. The maximum absolute atomic E-state index is 13.5. The van der Waals surface area contributed by atoms with Crippen molar-refractivity contribution in [3.05, 3.63) is 29.3 Å². The van der Waals surface area contributed by atoms with Crippen molar-refractivity contribution in [2.24, 2.45) is 5.92 Å². The van der Waals surface area contributed by atoms with Gasteiger partial charge < -0.3 is 19.5 Å². The SMILES string of the molecule is CCCCN(CCCC)C(=O)CN1C[C@H](c2ccc3c(c2)CCO3)C(C(=O)O)[C@@H]1CCC1CCCCO1. The Morgan fingerprint density at radius 1 is 1.08 bits per heavy atom. The van der Waals surface area contributed by atoms with E-state index in [2.05, 4.69) is 24.8 Å². The zero-order valence-electron chi connectivity index (χ0n) is 22.8. The van der Waals surface area contributed by atoms with Crippen molar-refractivity contribution >= 4 is 11.9 Å². The smallest absolute Gasteiger partial charge is 0.308 e. The summed E-state index contributed by atoms with van der Waals surface area (Å²) in [6, 6.07) is 5.99. The number of nitrogens with zero attached hydrogens (tertiary/aromatic N) is 2. The molecule has 3 aliphatic rings. The quantitative estimate of drug-likeness (QED) is 0.405. The lowest BCUT2D eigenvalue weighted by Gasteiger charge is -2.31. The molecular formula is C30H46N2O5. The zero-order valence-corrected chi connectivity index (χ0v) is 22.8. The molecule has 0 radical (unpaired) electrons. The molecule has 3 aliphatic heterocycles. The second-order valence-corrected chi connectivity index (χ2v) is 11.1. The number of amides is 1. The Morgan fingerprint density at radius 3 is 2.54 bits per heavy atom. The molecule has 2 saturated heterocycles. The van der Waals surface area contributed by atoms with Crippen LogP contribution in [0.15, 0.2) is 18.2 Å². The van der Waals surface area contributed by atoms with Crippen LogP contribution in [-0.4, -0.2) is 78.3 Å². The van der Waals surface area contributed by atoms with Gasteiger partial charge in [0.15, 0.2) is 0 Å². The molecule has 2 unspecified atom stereocenters. The van der Waals surface area contributed by atoms with Gasteiger partial charge in [-0.05, 0) is 62.1 Å². The Morgan fingerprint density at radius 2 is 1.86 bits per heavy atom. The Bertz CT molecular complexity index is 892. The Balaban J connectivity index is 1.55. The Labute approximate surface area is 222 Å². The van der Waals surface area contributed by atoms with Gasteiger partial charge in [0.2, 0.25) is 5.91 Å². The van der Waals surface area contributed by atoms with E-state index < -0.39 is 11.9 Å². The first kappa shape index (κ1) is 27.9. The summed E-state index contributed by atoms with van der Waals surface area (Å²) in [5.74, 6) is -0.410. The van der Waals surface area contributed by atoms with Crippen molar-refractivity contribution in [2.75, 3.05) is 39.4 Å².